The minimum absolute atomic E-state index is 0.126. The van der Waals surface area contributed by atoms with Crippen LogP contribution in [-0.2, 0) is 20.5 Å². The molecule has 10 heteroatoms. The lowest BCUT2D eigenvalue weighted by Crippen LogP contribution is -2.42. The Morgan fingerprint density at radius 3 is 2.24 bits per heavy atom. The van der Waals surface area contributed by atoms with Gasteiger partial charge >= 0.3 is 12.1 Å². The molecule has 3 N–H and O–H groups in total. The van der Waals surface area contributed by atoms with Gasteiger partial charge in [0.15, 0.2) is 0 Å². The van der Waals surface area contributed by atoms with Crippen LogP contribution in [0.4, 0.5) is 24.5 Å². The van der Waals surface area contributed by atoms with E-state index in [0.29, 0.717) is 11.4 Å². The molecule has 7 nitrogen and oxygen atoms in total. The predicted octanol–water partition coefficient (Wildman–Crippen LogP) is 3.16. The highest BCUT2D eigenvalue weighted by Gasteiger charge is 2.30. The first-order chi connectivity index (χ1) is 13.7. The number of esters is 1. The molecule has 0 unspecified atom stereocenters. The van der Waals surface area contributed by atoms with Gasteiger partial charge in [-0.2, -0.15) is 13.2 Å². The monoisotopic (exact) mass is 409 g/mol. The Morgan fingerprint density at radius 1 is 0.966 bits per heavy atom. The zero-order chi connectivity index (χ0) is 21.4. The van der Waals surface area contributed by atoms with Crippen molar-refractivity contribution in [3.8, 4) is 0 Å². The smallest absolute Gasteiger partial charge is 0.416 e. The quantitative estimate of drug-likeness (QED) is 0.387. The highest BCUT2D eigenvalue weighted by molar-refractivity contribution is 6.02. The van der Waals surface area contributed by atoms with E-state index < -0.39 is 35.9 Å². The molecule has 0 radical (unpaired) electrons. The summed E-state index contributed by atoms with van der Waals surface area (Å²) in [6, 6.07) is 10.5. The van der Waals surface area contributed by atoms with E-state index in [0.717, 1.165) is 12.1 Å². The predicted molar refractivity (Wildman–Crippen MR) is 98.0 cm³/mol. The van der Waals surface area contributed by atoms with Gasteiger partial charge in [0.1, 0.15) is 6.42 Å². The summed E-state index contributed by atoms with van der Waals surface area (Å²) in [5, 5.41) is 2.85. The third-order valence-electron chi connectivity index (χ3n) is 3.59. The lowest BCUT2D eigenvalue weighted by atomic mass is 10.1. The highest BCUT2D eigenvalue weighted by atomic mass is 19.4. The van der Waals surface area contributed by atoms with E-state index in [9.17, 15) is 27.6 Å². The van der Waals surface area contributed by atoms with Gasteiger partial charge in [-0.15, -0.1) is 0 Å². The van der Waals surface area contributed by atoms with Crippen LogP contribution in [0.15, 0.2) is 48.5 Å². The molecule has 29 heavy (non-hydrogen) atoms. The maximum atomic E-state index is 12.7. The molecule has 0 fully saturated rings. The summed E-state index contributed by atoms with van der Waals surface area (Å²) >= 11 is 0. The maximum Gasteiger partial charge on any atom is 0.416 e. The number of hydrogen-bond donors (Lipinski definition) is 3. The van der Waals surface area contributed by atoms with Crippen LogP contribution in [0, 0.1) is 0 Å². The average Bonchev–Trinajstić information content (AvgIpc) is 2.66. The van der Waals surface area contributed by atoms with Gasteiger partial charge in [0.25, 0.3) is 5.91 Å². The summed E-state index contributed by atoms with van der Waals surface area (Å²) in [5.74, 6) is -2.18. The number of carbonyl (C=O) groups is 3. The molecule has 0 aliphatic heterocycles. The first kappa shape index (κ1) is 21.7. The summed E-state index contributed by atoms with van der Waals surface area (Å²) in [6.45, 7) is 1.72. The normalized spacial score (nSPS) is 10.8. The summed E-state index contributed by atoms with van der Waals surface area (Å²) in [5.41, 5.74) is 4.24. The van der Waals surface area contributed by atoms with E-state index >= 15 is 0 Å². The first-order valence-electron chi connectivity index (χ1n) is 8.49. The Hall–Kier alpha value is -3.56. The van der Waals surface area contributed by atoms with Crippen LogP contribution in [0.25, 0.3) is 0 Å². The van der Waals surface area contributed by atoms with Gasteiger partial charge in [-0.05, 0) is 43.3 Å². The minimum Gasteiger partial charge on any atom is -0.466 e. The fourth-order valence-corrected chi connectivity index (χ4v) is 2.27. The SMILES string of the molecule is CCOC(=O)CC(=O)NNC(=O)c1ccccc1Nc1ccc(C(F)(F)F)cc1. The standard InChI is InChI=1S/C19H18F3N3O4/c1-2-29-17(27)11-16(26)24-25-18(28)14-5-3-4-6-15(14)23-13-9-7-12(8-10-13)19(20,21)22/h3-10,23H,2,11H2,1H3,(H,24,26)(H,25,28). The van der Waals surface area contributed by atoms with Crippen molar-refractivity contribution in [3.63, 3.8) is 0 Å². The molecule has 0 aromatic heterocycles. The fourth-order valence-electron chi connectivity index (χ4n) is 2.27. The van der Waals surface area contributed by atoms with Crippen LogP contribution >= 0.6 is 0 Å². The summed E-state index contributed by atoms with van der Waals surface area (Å²) < 4.78 is 42.6. The number of amides is 2. The van der Waals surface area contributed by atoms with Gasteiger partial charge in [0.05, 0.1) is 23.4 Å². The molecule has 0 aliphatic carbocycles. The number of nitrogens with one attached hydrogen (secondary N) is 3. The molecule has 0 bridgehead atoms. The minimum atomic E-state index is -4.45. The van der Waals surface area contributed by atoms with Crippen molar-refractivity contribution in [1.82, 2.24) is 10.9 Å². The summed E-state index contributed by atoms with van der Waals surface area (Å²) in [6.07, 6.45) is -5.00. The molecule has 0 spiro atoms. The number of alkyl halides is 3. The van der Waals surface area contributed by atoms with Crippen molar-refractivity contribution in [2.45, 2.75) is 19.5 Å². The number of hydrogen-bond acceptors (Lipinski definition) is 5. The van der Waals surface area contributed by atoms with Crippen molar-refractivity contribution in [2.75, 3.05) is 11.9 Å². The molecule has 0 saturated carbocycles. The topological polar surface area (TPSA) is 96.5 Å². The van der Waals surface area contributed by atoms with Crippen LogP contribution in [-0.4, -0.2) is 24.4 Å². The summed E-state index contributed by atoms with van der Waals surface area (Å²) in [7, 11) is 0. The Bertz CT molecular complexity index is 883. The van der Waals surface area contributed by atoms with E-state index in [1.54, 1.807) is 25.1 Å². The molecular formula is C19H18F3N3O4. The van der Waals surface area contributed by atoms with E-state index in [1.807, 2.05) is 0 Å². The molecule has 0 heterocycles. The van der Waals surface area contributed by atoms with Gasteiger partial charge in [-0.1, -0.05) is 12.1 Å². The van der Waals surface area contributed by atoms with Crippen LogP contribution < -0.4 is 16.2 Å². The Balaban J connectivity index is 2.03. The molecule has 0 saturated heterocycles. The number of hydrazine groups is 1. The number of carbonyl (C=O) groups excluding carboxylic acids is 3. The molecule has 2 aromatic carbocycles. The van der Waals surface area contributed by atoms with Crippen molar-refractivity contribution < 1.29 is 32.3 Å². The largest absolute Gasteiger partial charge is 0.466 e. The van der Waals surface area contributed by atoms with Crippen LogP contribution in [0.5, 0.6) is 0 Å². The fraction of sp³-hybridized carbons (Fsp3) is 0.211. The molecule has 2 rings (SSSR count). The Kier molecular flexibility index (Phi) is 7.18. The third kappa shape index (κ3) is 6.52. The number of rotatable bonds is 6. The third-order valence-corrected chi connectivity index (χ3v) is 3.59. The van der Waals surface area contributed by atoms with Gasteiger partial charge in [0, 0.05) is 5.69 Å². The number of benzene rings is 2. The first-order valence-corrected chi connectivity index (χ1v) is 8.49. The van der Waals surface area contributed by atoms with E-state index in [4.69, 9.17) is 0 Å². The number of anilines is 2. The van der Waals surface area contributed by atoms with Gasteiger partial charge in [0.2, 0.25) is 5.91 Å². The van der Waals surface area contributed by atoms with Crippen LogP contribution in [0.2, 0.25) is 0 Å². The second-order valence-electron chi connectivity index (χ2n) is 5.73. The van der Waals surface area contributed by atoms with Crippen LogP contribution in [0.1, 0.15) is 29.3 Å². The maximum absolute atomic E-state index is 12.7. The highest BCUT2D eigenvalue weighted by Crippen LogP contribution is 2.30. The second-order valence-corrected chi connectivity index (χ2v) is 5.73. The molecule has 154 valence electrons. The Labute approximate surface area is 164 Å². The van der Waals surface area contributed by atoms with Crippen molar-refractivity contribution >= 4 is 29.2 Å². The van der Waals surface area contributed by atoms with Gasteiger partial charge in [-0.3, -0.25) is 25.2 Å². The molecule has 0 atom stereocenters. The molecule has 0 aliphatic rings. The average molecular weight is 409 g/mol. The molecule has 2 aromatic rings. The van der Waals surface area contributed by atoms with Crippen molar-refractivity contribution in [2.24, 2.45) is 0 Å². The van der Waals surface area contributed by atoms with Crippen molar-refractivity contribution in [3.05, 3.63) is 59.7 Å². The zero-order valence-corrected chi connectivity index (χ0v) is 15.3. The molecular weight excluding hydrogens is 391 g/mol. The van der Waals surface area contributed by atoms with Crippen molar-refractivity contribution in [1.29, 1.82) is 0 Å². The van der Waals surface area contributed by atoms with Gasteiger partial charge < -0.3 is 10.1 Å². The van der Waals surface area contributed by atoms with E-state index in [1.165, 1.54) is 18.2 Å². The van der Waals surface area contributed by atoms with Crippen LogP contribution in [0.3, 0.4) is 0 Å². The Morgan fingerprint density at radius 2 is 1.62 bits per heavy atom. The molecule has 2 amide bonds. The van der Waals surface area contributed by atoms with E-state index in [-0.39, 0.29) is 12.2 Å². The lowest BCUT2D eigenvalue weighted by Gasteiger charge is -2.13. The lowest BCUT2D eigenvalue weighted by molar-refractivity contribution is -0.146. The second kappa shape index (κ2) is 9.58. The summed E-state index contributed by atoms with van der Waals surface area (Å²) in [4.78, 5) is 35.2. The van der Waals surface area contributed by atoms with Gasteiger partial charge in [-0.25, -0.2) is 0 Å². The number of para-hydroxylation sites is 1. The zero-order valence-electron chi connectivity index (χ0n) is 15.3. The number of halogens is 3. The number of ether oxygens (including phenoxy) is 1. The van der Waals surface area contributed by atoms with E-state index in [2.05, 4.69) is 20.9 Å².